The van der Waals surface area contributed by atoms with E-state index in [-0.39, 0.29) is 49.3 Å². The van der Waals surface area contributed by atoms with Crippen molar-refractivity contribution < 1.29 is 32.2 Å². The number of methoxy groups -OCH3 is 1. The fourth-order valence-corrected chi connectivity index (χ4v) is 6.05. The molecule has 2 atom stereocenters. The third-order valence-corrected chi connectivity index (χ3v) is 8.71. The van der Waals surface area contributed by atoms with Crippen LogP contribution >= 0.6 is 23.2 Å². The molecule has 0 radical (unpaired) electrons. The van der Waals surface area contributed by atoms with Crippen LogP contribution in [0.3, 0.4) is 0 Å². The molecule has 0 aromatic heterocycles. The third-order valence-electron chi connectivity index (χ3n) is 8.21. The predicted molar refractivity (Wildman–Crippen MR) is 178 cm³/mol. The van der Waals surface area contributed by atoms with E-state index in [1.54, 1.807) is 60.2 Å². The lowest BCUT2D eigenvalue weighted by molar-refractivity contribution is -0.137. The molecule has 1 saturated heterocycles. The number of carbonyl (C=O) groups is 2. The number of piperazine rings is 1. The molecule has 2 heterocycles. The first-order valence-corrected chi connectivity index (χ1v) is 16.3. The fourth-order valence-electron chi connectivity index (χ4n) is 5.79. The van der Waals surface area contributed by atoms with Gasteiger partial charge in [-0.25, -0.2) is 4.79 Å². The Labute approximate surface area is 287 Å². The van der Waals surface area contributed by atoms with Gasteiger partial charge in [-0.3, -0.25) is 14.7 Å². The number of nitrogens with zero attached hydrogens (tertiary/aromatic N) is 4. The molecule has 2 unspecified atom stereocenters. The zero-order valence-corrected chi connectivity index (χ0v) is 28.0. The van der Waals surface area contributed by atoms with Crippen LogP contribution in [-0.4, -0.2) is 92.1 Å². The number of carbonyl (C=O) groups excluding carboxylic acids is 2. The molecule has 2 aliphatic rings. The second-order valence-electron chi connectivity index (χ2n) is 11.3. The van der Waals surface area contributed by atoms with Gasteiger partial charge in [0.1, 0.15) is 17.6 Å². The highest BCUT2D eigenvalue weighted by Gasteiger charge is 2.45. The maximum absolute atomic E-state index is 14.7. The Morgan fingerprint density at radius 3 is 2.10 bits per heavy atom. The summed E-state index contributed by atoms with van der Waals surface area (Å²) in [7, 11) is 1.58. The lowest BCUT2D eigenvalue weighted by Gasteiger charge is -2.39. The van der Waals surface area contributed by atoms with Crippen LogP contribution in [0.2, 0.25) is 10.0 Å². The fraction of sp³-hybridized carbons (Fsp3) is 0.382. The number of amides is 3. The Morgan fingerprint density at radius 2 is 1.52 bits per heavy atom. The van der Waals surface area contributed by atoms with Crippen LogP contribution in [0.15, 0.2) is 71.7 Å². The first-order valence-electron chi connectivity index (χ1n) is 15.5. The van der Waals surface area contributed by atoms with E-state index in [0.29, 0.717) is 41.8 Å². The van der Waals surface area contributed by atoms with E-state index >= 15 is 0 Å². The molecule has 0 saturated carbocycles. The van der Waals surface area contributed by atoms with Crippen LogP contribution in [-0.2, 0) is 15.7 Å². The maximum Gasteiger partial charge on any atom is 0.416 e. The van der Waals surface area contributed by atoms with E-state index in [4.69, 9.17) is 37.7 Å². The molecule has 3 aromatic rings. The van der Waals surface area contributed by atoms with Gasteiger partial charge in [0.2, 0.25) is 5.91 Å². The van der Waals surface area contributed by atoms with Gasteiger partial charge in [-0.2, -0.15) is 13.2 Å². The van der Waals surface area contributed by atoms with Crippen molar-refractivity contribution in [2.24, 2.45) is 4.99 Å². The van der Waals surface area contributed by atoms with Crippen LogP contribution in [0.4, 0.5) is 18.0 Å². The van der Waals surface area contributed by atoms with Gasteiger partial charge in [-0.15, -0.1) is 0 Å². The monoisotopic (exact) mass is 705 g/mol. The van der Waals surface area contributed by atoms with E-state index in [1.165, 1.54) is 11.0 Å². The Morgan fingerprint density at radius 1 is 0.917 bits per heavy atom. The summed E-state index contributed by atoms with van der Waals surface area (Å²) < 4.78 is 52.1. The van der Waals surface area contributed by atoms with Gasteiger partial charge in [0, 0.05) is 49.9 Å². The van der Waals surface area contributed by atoms with Crippen LogP contribution < -0.4 is 10.1 Å². The highest BCUT2D eigenvalue weighted by atomic mass is 35.5. The zero-order chi connectivity index (χ0) is 34.4. The van der Waals surface area contributed by atoms with E-state index in [1.807, 2.05) is 12.1 Å². The number of alkyl halides is 3. The van der Waals surface area contributed by atoms with Crippen molar-refractivity contribution in [1.82, 2.24) is 20.0 Å². The third kappa shape index (κ3) is 8.06. The summed E-state index contributed by atoms with van der Waals surface area (Å²) in [5.74, 6) is 0.0272. The van der Waals surface area contributed by atoms with Gasteiger partial charge in [-0.05, 0) is 60.5 Å². The molecule has 48 heavy (non-hydrogen) atoms. The summed E-state index contributed by atoms with van der Waals surface area (Å²) in [6.45, 7) is 4.04. The minimum Gasteiger partial charge on any atom is -0.493 e. The van der Waals surface area contributed by atoms with Crippen molar-refractivity contribution in [2.75, 3.05) is 59.6 Å². The SMILES string of the molecule is CCOc1cc(C(F)(F)F)ccc1C1=NC(c2ccc(Cl)cc2)C(c2ccc(Cl)cc2)N1C(=O)N1CCN(C(=O)CNCCOC)CC1. The number of benzene rings is 3. The molecule has 5 rings (SSSR count). The molecule has 3 amide bonds. The van der Waals surface area contributed by atoms with E-state index in [2.05, 4.69) is 5.32 Å². The molecule has 1 fully saturated rings. The van der Waals surface area contributed by atoms with Crippen molar-refractivity contribution in [3.63, 3.8) is 0 Å². The molecule has 0 spiro atoms. The first kappa shape index (κ1) is 35.5. The molecule has 0 bridgehead atoms. The summed E-state index contributed by atoms with van der Waals surface area (Å²) in [6.07, 6.45) is -4.61. The van der Waals surface area contributed by atoms with Crippen molar-refractivity contribution in [3.8, 4) is 5.75 Å². The van der Waals surface area contributed by atoms with Gasteiger partial charge < -0.3 is 24.6 Å². The molecule has 1 N–H and O–H groups in total. The topological polar surface area (TPSA) is 86.7 Å². The Bertz CT molecular complexity index is 1610. The average molecular weight is 707 g/mol. The number of rotatable bonds is 10. The lowest BCUT2D eigenvalue weighted by atomic mass is 9.93. The number of hydrogen-bond donors (Lipinski definition) is 1. The van der Waals surface area contributed by atoms with Gasteiger partial charge in [0.05, 0.1) is 36.9 Å². The van der Waals surface area contributed by atoms with E-state index < -0.39 is 29.9 Å². The van der Waals surface area contributed by atoms with Gasteiger partial charge in [0.15, 0.2) is 0 Å². The summed E-state index contributed by atoms with van der Waals surface area (Å²) in [5.41, 5.74) is 0.817. The second-order valence-corrected chi connectivity index (χ2v) is 12.2. The Kier molecular flexibility index (Phi) is 11.5. The van der Waals surface area contributed by atoms with Gasteiger partial charge in [0.25, 0.3) is 0 Å². The number of urea groups is 1. The normalized spacial score (nSPS) is 18.2. The minimum atomic E-state index is -4.61. The quantitative estimate of drug-likeness (QED) is 0.245. The average Bonchev–Trinajstić information content (AvgIpc) is 3.47. The van der Waals surface area contributed by atoms with Crippen LogP contribution in [0.1, 0.15) is 41.3 Å². The predicted octanol–water partition coefficient (Wildman–Crippen LogP) is 6.46. The van der Waals surface area contributed by atoms with E-state index in [0.717, 1.165) is 17.7 Å². The second kappa shape index (κ2) is 15.6. The molecule has 14 heteroatoms. The zero-order valence-electron chi connectivity index (χ0n) is 26.5. The highest BCUT2D eigenvalue weighted by Crippen LogP contribution is 2.46. The molecule has 256 valence electrons. The number of ether oxygens (including phenoxy) is 2. The van der Waals surface area contributed by atoms with Crippen molar-refractivity contribution in [2.45, 2.75) is 25.2 Å². The van der Waals surface area contributed by atoms with Crippen LogP contribution in [0, 0.1) is 0 Å². The minimum absolute atomic E-state index is 0.0492. The van der Waals surface area contributed by atoms with Crippen molar-refractivity contribution in [1.29, 1.82) is 0 Å². The van der Waals surface area contributed by atoms with Crippen molar-refractivity contribution in [3.05, 3.63) is 99.0 Å². The van der Waals surface area contributed by atoms with E-state index in [9.17, 15) is 22.8 Å². The Balaban J connectivity index is 1.55. The molecule has 3 aromatic carbocycles. The summed E-state index contributed by atoms with van der Waals surface area (Å²) in [5, 5.41) is 4.06. The molecular weight excluding hydrogens is 670 g/mol. The number of nitrogens with one attached hydrogen (secondary N) is 1. The maximum atomic E-state index is 14.7. The van der Waals surface area contributed by atoms with Crippen molar-refractivity contribution >= 4 is 41.0 Å². The Hall–Kier alpha value is -3.84. The summed E-state index contributed by atoms with van der Waals surface area (Å²) in [4.78, 5) is 37.3. The summed E-state index contributed by atoms with van der Waals surface area (Å²) >= 11 is 12.5. The van der Waals surface area contributed by atoms with Gasteiger partial charge in [-0.1, -0.05) is 47.5 Å². The smallest absolute Gasteiger partial charge is 0.416 e. The molecule has 9 nitrogen and oxygen atoms in total. The number of amidine groups is 1. The largest absolute Gasteiger partial charge is 0.493 e. The van der Waals surface area contributed by atoms with Crippen LogP contribution in [0.5, 0.6) is 5.75 Å². The number of aliphatic imine (C=N–C) groups is 1. The number of halogens is 5. The highest BCUT2D eigenvalue weighted by molar-refractivity contribution is 6.30. The van der Waals surface area contributed by atoms with Gasteiger partial charge >= 0.3 is 12.2 Å². The number of hydrogen-bond acceptors (Lipinski definition) is 6. The standard InChI is InChI=1S/C34H36Cl2F3N5O4/c1-3-48-28-20-24(34(37,38)39)8-13-27(28)32-41-30(22-4-9-25(35)10-5-22)31(23-6-11-26(36)12-7-23)44(32)33(46)43-17-15-42(16-18-43)29(45)21-40-14-19-47-2/h4-13,20,30-31,40H,3,14-19,21H2,1-2H3. The van der Waals surface area contributed by atoms with Crippen LogP contribution in [0.25, 0.3) is 0 Å². The summed E-state index contributed by atoms with van der Waals surface area (Å²) in [6, 6.07) is 15.5. The molecule has 2 aliphatic heterocycles. The molecule has 0 aliphatic carbocycles. The molecular formula is C34H36Cl2F3N5O4. The lowest BCUT2D eigenvalue weighted by Crippen LogP contribution is -2.56. The first-order chi connectivity index (χ1) is 23.0.